The quantitative estimate of drug-likeness (QED) is 0.748. The van der Waals surface area contributed by atoms with Gasteiger partial charge in [0.25, 0.3) is 5.91 Å². The molecular weight excluding hydrogens is 349 g/mol. The van der Waals surface area contributed by atoms with Gasteiger partial charge in [-0.15, -0.1) is 5.10 Å². The second kappa shape index (κ2) is 7.53. The summed E-state index contributed by atoms with van der Waals surface area (Å²) in [5, 5.41) is 10.8. The number of nitrogens with zero attached hydrogens (tertiary/aromatic N) is 4. The summed E-state index contributed by atoms with van der Waals surface area (Å²) in [5.41, 5.74) is 3.92. The molecule has 7 nitrogen and oxygen atoms in total. The van der Waals surface area contributed by atoms with E-state index in [2.05, 4.69) is 20.6 Å². The molecule has 0 fully saturated rings. The number of nitrogens with one attached hydrogen (secondary N) is 1. The Hall–Kier alpha value is -3.29. The van der Waals surface area contributed by atoms with Crippen LogP contribution in [0.15, 0.2) is 30.5 Å². The van der Waals surface area contributed by atoms with Crippen molar-refractivity contribution in [2.24, 2.45) is 0 Å². The SMILES string of the molecule is COc1c(C)cnc(CNC(=O)c2nnn(-c3ccc(F)cc3)c2C)c1C. The van der Waals surface area contributed by atoms with Crippen LogP contribution < -0.4 is 10.1 Å². The number of ether oxygens (including phenoxy) is 1. The summed E-state index contributed by atoms with van der Waals surface area (Å²) in [5.74, 6) is 0.0557. The number of methoxy groups -OCH3 is 1. The molecule has 0 bridgehead atoms. The van der Waals surface area contributed by atoms with E-state index in [9.17, 15) is 9.18 Å². The Morgan fingerprint density at radius 2 is 1.93 bits per heavy atom. The van der Waals surface area contributed by atoms with Crippen LogP contribution in [-0.2, 0) is 6.54 Å². The van der Waals surface area contributed by atoms with Crippen LogP contribution >= 0.6 is 0 Å². The van der Waals surface area contributed by atoms with E-state index in [1.807, 2.05) is 13.8 Å². The number of aryl methyl sites for hydroxylation is 1. The molecule has 0 aliphatic rings. The van der Waals surface area contributed by atoms with Gasteiger partial charge in [-0.3, -0.25) is 9.78 Å². The molecule has 3 aromatic rings. The zero-order valence-corrected chi connectivity index (χ0v) is 15.6. The zero-order valence-electron chi connectivity index (χ0n) is 15.6. The normalized spacial score (nSPS) is 10.7. The van der Waals surface area contributed by atoms with Gasteiger partial charge in [-0.25, -0.2) is 9.07 Å². The Morgan fingerprint density at radius 1 is 1.22 bits per heavy atom. The molecule has 2 aromatic heterocycles. The Balaban J connectivity index is 1.77. The Morgan fingerprint density at radius 3 is 2.59 bits per heavy atom. The number of hydrogen-bond acceptors (Lipinski definition) is 5. The standard InChI is InChI=1S/C19H20FN5O2/c1-11-9-21-16(12(2)18(11)27-4)10-22-19(26)17-13(3)25(24-23-17)15-7-5-14(20)6-8-15/h5-9H,10H2,1-4H3,(H,22,26). The molecular formula is C19H20FN5O2. The van der Waals surface area contributed by atoms with Gasteiger partial charge in [0, 0.05) is 17.3 Å². The number of amides is 1. The highest BCUT2D eigenvalue weighted by atomic mass is 19.1. The van der Waals surface area contributed by atoms with Gasteiger partial charge < -0.3 is 10.1 Å². The third kappa shape index (κ3) is 3.64. The van der Waals surface area contributed by atoms with Crippen molar-refractivity contribution in [3.05, 3.63) is 64.5 Å². The van der Waals surface area contributed by atoms with Crippen molar-refractivity contribution in [1.82, 2.24) is 25.3 Å². The molecule has 0 saturated carbocycles. The lowest BCUT2D eigenvalue weighted by atomic mass is 10.1. The first-order valence-corrected chi connectivity index (χ1v) is 8.38. The molecule has 0 aliphatic heterocycles. The molecule has 0 radical (unpaired) electrons. The highest BCUT2D eigenvalue weighted by molar-refractivity contribution is 5.93. The first-order valence-electron chi connectivity index (χ1n) is 8.38. The van der Waals surface area contributed by atoms with Crippen LogP contribution in [0.25, 0.3) is 5.69 Å². The first-order chi connectivity index (χ1) is 12.9. The third-order valence-corrected chi connectivity index (χ3v) is 4.35. The summed E-state index contributed by atoms with van der Waals surface area (Å²) in [4.78, 5) is 16.9. The number of carbonyl (C=O) groups excluding carboxylic acids is 1. The van der Waals surface area contributed by atoms with Crippen LogP contribution in [0.3, 0.4) is 0 Å². The number of rotatable bonds is 5. The second-order valence-corrected chi connectivity index (χ2v) is 6.14. The molecule has 8 heteroatoms. The van der Waals surface area contributed by atoms with E-state index in [4.69, 9.17) is 4.74 Å². The van der Waals surface area contributed by atoms with Crippen LogP contribution in [-0.4, -0.2) is 33.0 Å². The molecule has 1 N–H and O–H groups in total. The lowest BCUT2D eigenvalue weighted by molar-refractivity contribution is 0.0944. The minimum absolute atomic E-state index is 0.205. The van der Waals surface area contributed by atoms with Crippen molar-refractivity contribution < 1.29 is 13.9 Å². The Kier molecular flexibility index (Phi) is 5.16. The zero-order chi connectivity index (χ0) is 19.6. The Labute approximate surface area is 156 Å². The smallest absolute Gasteiger partial charge is 0.274 e. The summed E-state index contributed by atoms with van der Waals surface area (Å²) < 4.78 is 20.0. The van der Waals surface area contributed by atoms with Gasteiger partial charge in [0.2, 0.25) is 0 Å². The van der Waals surface area contributed by atoms with Crippen molar-refractivity contribution >= 4 is 5.91 Å². The van der Waals surface area contributed by atoms with E-state index in [0.717, 1.165) is 22.6 Å². The van der Waals surface area contributed by atoms with Crippen molar-refractivity contribution in [1.29, 1.82) is 0 Å². The fourth-order valence-electron chi connectivity index (χ4n) is 2.86. The van der Waals surface area contributed by atoms with Crippen LogP contribution in [0.1, 0.15) is 33.0 Å². The lowest BCUT2D eigenvalue weighted by Crippen LogP contribution is -2.25. The van der Waals surface area contributed by atoms with E-state index >= 15 is 0 Å². The molecule has 0 aliphatic carbocycles. The summed E-state index contributed by atoms with van der Waals surface area (Å²) >= 11 is 0. The maximum Gasteiger partial charge on any atom is 0.274 e. The van der Waals surface area contributed by atoms with E-state index < -0.39 is 0 Å². The average Bonchev–Trinajstić information content (AvgIpc) is 3.03. The predicted octanol–water partition coefficient (Wildman–Crippen LogP) is 2.67. The Bertz CT molecular complexity index is 983. The van der Waals surface area contributed by atoms with Gasteiger partial charge >= 0.3 is 0 Å². The molecule has 0 saturated heterocycles. The maximum atomic E-state index is 13.1. The molecule has 3 rings (SSSR count). The molecule has 2 heterocycles. The van der Waals surface area contributed by atoms with Gasteiger partial charge in [0.05, 0.1) is 30.7 Å². The molecule has 0 spiro atoms. The topological polar surface area (TPSA) is 81.9 Å². The number of aromatic nitrogens is 4. The monoisotopic (exact) mass is 369 g/mol. The van der Waals surface area contributed by atoms with Crippen LogP contribution in [0.4, 0.5) is 4.39 Å². The summed E-state index contributed by atoms with van der Waals surface area (Å²) in [7, 11) is 1.61. The summed E-state index contributed by atoms with van der Waals surface area (Å²) in [6, 6.07) is 5.81. The summed E-state index contributed by atoms with van der Waals surface area (Å²) in [6.45, 7) is 5.79. The number of pyridine rings is 1. The van der Waals surface area contributed by atoms with Gasteiger partial charge in [0.15, 0.2) is 5.69 Å². The molecule has 27 heavy (non-hydrogen) atoms. The van der Waals surface area contributed by atoms with Crippen molar-refractivity contribution in [3.8, 4) is 11.4 Å². The van der Waals surface area contributed by atoms with Gasteiger partial charge in [-0.05, 0) is 45.0 Å². The van der Waals surface area contributed by atoms with Crippen molar-refractivity contribution in [2.45, 2.75) is 27.3 Å². The van der Waals surface area contributed by atoms with Gasteiger partial charge in [0.1, 0.15) is 11.6 Å². The van der Waals surface area contributed by atoms with E-state index in [-0.39, 0.29) is 24.0 Å². The third-order valence-electron chi connectivity index (χ3n) is 4.35. The number of benzene rings is 1. The predicted molar refractivity (Wildman–Crippen MR) is 97.5 cm³/mol. The van der Waals surface area contributed by atoms with E-state index in [1.165, 1.54) is 16.8 Å². The van der Waals surface area contributed by atoms with Crippen molar-refractivity contribution in [2.75, 3.05) is 7.11 Å². The highest BCUT2D eigenvalue weighted by Crippen LogP contribution is 2.23. The summed E-state index contributed by atoms with van der Waals surface area (Å²) in [6.07, 6.45) is 1.71. The number of halogens is 1. The van der Waals surface area contributed by atoms with Crippen molar-refractivity contribution in [3.63, 3.8) is 0 Å². The van der Waals surface area contributed by atoms with Crippen LogP contribution in [0, 0.1) is 26.6 Å². The minimum Gasteiger partial charge on any atom is -0.496 e. The first kappa shape index (κ1) is 18.5. The van der Waals surface area contributed by atoms with Gasteiger partial charge in [-0.1, -0.05) is 5.21 Å². The number of carbonyl (C=O) groups is 1. The van der Waals surface area contributed by atoms with Crippen LogP contribution in [0.2, 0.25) is 0 Å². The molecule has 0 atom stereocenters. The average molecular weight is 369 g/mol. The largest absolute Gasteiger partial charge is 0.496 e. The minimum atomic E-state index is -0.360. The maximum absolute atomic E-state index is 13.1. The molecule has 1 aromatic carbocycles. The number of hydrogen-bond donors (Lipinski definition) is 1. The molecule has 1 amide bonds. The van der Waals surface area contributed by atoms with E-state index in [0.29, 0.717) is 11.4 Å². The van der Waals surface area contributed by atoms with Gasteiger partial charge in [-0.2, -0.15) is 0 Å². The van der Waals surface area contributed by atoms with Crippen LogP contribution in [0.5, 0.6) is 5.75 Å². The van der Waals surface area contributed by atoms with E-state index in [1.54, 1.807) is 32.4 Å². The molecule has 140 valence electrons. The fourth-order valence-corrected chi connectivity index (χ4v) is 2.86. The molecule has 0 unspecified atom stereocenters. The lowest BCUT2D eigenvalue weighted by Gasteiger charge is -2.12. The fraction of sp³-hybridized carbons (Fsp3) is 0.263. The second-order valence-electron chi connectivity index (χ2n) is 6.14. The highest BCUT2D eigenvalue weighted by Gasteiger charge is 2.18.